The van der Waals surface area contributed by atoms with E-state index in [0.29, 0.717) is 28.9 Å². The summed E-state index contributed by atoms with van der Waals surface area (Å²) in [4.78, 5) is 44.6. The van der Waals surface area contributed by atoms with Crippen LogP contribution in [0.1, 0.15) is 68.8 Å². The van der Waals surface area contributed by atoms with Crippen LogP contribution in [0.15, 0.2) is 18.5 Å². The minimum Gasteiger partial charge on any atom is -0.396 e. The summed E-state index contributed by atoms with van der Waals surface area (Å²) in [6.07, 6.45) is 10.2. The standard InChI is InChI=1S/C24H30N4O4/c1-15(30)23-17-5-8-25-12-20(17)27(26-23)13-22(32)28-18-9-16(18)10-19(28)21(31)11-24(14-29)6-3-2-4-7-24/h5,8,12,16,18-19,29H,2-4,6-7,9-11,13-14H2,1H3/t16-,18-,19+/m1/s1. The lowest BCUT2D eigenvalue weighted by Crippen LogP contribution is -2.46. The molecule has 0 bridgehead atoms. The van der Waals surface area contributed by atoms with Crippen molar-refractivity contribution in [2.75, 3.05) is 6.61 Å². The lowest BCUT2D eigenvalue weighted by Gasteiger charge is -2.37. The van der Waals surface area contributed by atoms with Crippen molar-refractivity contribution in [3.8, 4) is 0 Å². The third kappa shape index (κ3) is 3.64. The Balaban J connectivity index is 1.36. The van der Waals surface area contributed by atoms with Crippen LogP contribution in [0.2, 0.25) is 0 Å². The summed E-state index contributed by atoms with van der Waals surface area (Å²) in [5.74, 6) is 0.176. The van der Waals surface area contributed by atoms with Gasteiger partial charge >= 0.3 is 0 Å². The first-order chi connectivity index (χ1) is 15.4. The quantitative estimate of drug-likeness (QED) is 0.666. The maximum absolute atomic E-state index is 13.4. The zero-order valence-electron chi connectivity index (χ0n) is 18.5. The van der Waals surface area contributed by atoms with Crippen LogP contribution < -0.4 is 0 Å². The van der Waals surface area contributed by atoms with E-state index in [1.165, 1.54) is 11.6 Å². The summed E-state index contributed by atoms with van der Waals surface area (Å²) in [6.45, 7) is 1.47. The average molecular weight is 439 g/mol. The molecule has 170 valence electrons. The number of carbonyl (C=O) groups excluding carboxylic acids is 3. The van der Waals surface area contributed by atoms with E-state index in [4.69, 9.17) is 0 Å². The molecule has 8 heteroatoms. The van der Waals surface area contributed by atoms with E-state index < -0.39 is 6.04 Å². The molecule has 1 aliphatic heterocycles. The molecule has 1 amide bonds. The second-order valence-corrected chi connectivity index (χ2v) is 9.93. The maximum Gasteiger partial charge on any atom is 0.245 e. The van der Waals surface area contributed by atoms with E-state index in [1.54, 1.807) is 23.4 Å². The molecule has 8 nitrogen and oxygen atoms in total. The fraction of sp³-hybridized carbons (Fsp3) is 0.625. The number of ketones is 2. The molecule has 2 aromatic heterocycles. The maximum atomic E-state index is 13.4. The third-order valence-corrected chi connectivity index (χ3v) is 7.74. The van der Waals surface area contributed by atoms with Gasteiger partial charge in [0.1, 0.15) is 12.2 Å². The van der Waals surface area contributed by atoms with Crippen molar-refractivity contribution in [2.24, 2.45) is 11.3 Å². The van der Waals surface area contributed by atoms with Crippen LogP contribution in [-0.4, -0.2) is 60.9 Å². The van der Waals surface area contributed by atoms with Gasteiger partial charge in [0.25, 0.3) is 0 Å². The number of likely N-dealkylation sites (tertiary alicyclic amines) is 1. The van der Waals surface area contributed by atoms with Crippen molar-refractivity contribution in [3.05, 3.63) is 24.2 Å². The average Bonchev–Trinajstić information content (AvgIpc) is 3.30. The van der Waals surface area contributed by atoms with Crippen LogP contribution in [0, 0.1) is 11.3 Å². The molecular weight excluding hydrogens is 408 g/mol. The molecule has 2 saturated carbocycles. The largest absolute Gasteiger partial charge is 0.396 e. The molecule has 0 aromatic carbocycles. The van der Waals surface area contributed by atoms with Crippen LogP contribution in [0.3, 0.4) is 0 Å². The Morgan fingerprint density at radius 3 is 2.69 bits per heavy atom. The van der Waals surface area contributed by atoms with Crippen LogP contribution in [0.25, 0.3) is 10.9 Å². The Bertz CT molecular complexity index is 1070. The molecule has 0 radical (unpaired) electrons. The number of aromatic nitrogens is 3. The number of pyridine rings is 1. The van der Waals surface area contributed by atoms with Crippen LogP contribution in [-0.2, 0) is 16.1 Å². The number of nitrogens with zero attached hydrogens (tertiary/aromatic N) is 4. The minimum absolute atomic E-state index is 0.0202. The highest BCUT2D eigenvalue weighted by atomic mass is 16.3. The molecule has 2 aromatic rings. The SMILES string of the molecule is CC(=O)c1nn(CC(=O)N2[C@@H]3C[C@@H]3C[C@H]2C(=O)CC2(CO)CCCCC2)c2cnccc12. The van der Waals surface area contributed by atoms with Gasteiger partial charge in [-0.2, -0.15) is 5.10 Å². The van der Waals surface area contributed by atoms with Gasteiger partial charge in [0, 0.05) is 43.0 Å². The molecule has 5 rings (SSSR count). The normalized spacial score (nSPS) is 26.2. The molecule has 0 unspecified atom stereocenters. The number of piperidine rings is 1. The van der Waals surface area contributed by atoms with Crippen molar-refractivity contribution in [1.29, 1.82) is 0 Å². The van der Waals surface area contributed by atoms with Gasteiger partial charge in [-0.25, -0.2) is 0 Å². The monoisotopic (exact) mass is 438 g/mol. The molecule has 3 aliphatic rings. The second-order valence-electron chi connectivity index (χ2n) is 9.93. The highest BCUT2D eigenvalue weighted by molar-refractivity contribution is 6.04. The molecule has 2 aliphatic carbocycles. The van der Waals surface area contributed by atoms with Crippen LogP contribution in [0.4, 0.5) is 0 Å². The first kappa shape index (κ1) is 21.2. The summed E-state index contributed by atoms with van der Waals surface area (Å²) in [6, 6.07) is 1.45. The number of aliphatic hydroxyl groups excluding tert-OH is 1. The molecule has 0 spiro atoms. The van der Waals surface area contributed by atoms with Gasteiger partial charge in [0.2, 0.25) is 5.91 Å². The van der Waals surface area contributed by atoms with Crippen LogP contribution in [0.5, 0.6) is 0 Å². The number of fused-ring (bicyclic) bond motifs is 2. The summed E-state index contributed by atoms with van der Waals surface area (Å²) in [7, 11) is 0. The summed E-state index contributed by atoms with van der Waals surface area (Å²) < 4.78 is 1.54. The molecule has 1 saturated heterocycles. The lowest BCUT2D eigenvalue weighted by molar-refractivity contribution is -0.141. The lowest BCUT2D eigenvalue weighted by atomic mass is 9.71. The molecule has 3 heterocycles. The van der Waals surface area contributed by atoms with Crippen molar-refractivity contribution in [3.63, 3.8) is 0 Å². The number of carbonyl (C=O) groups is 3. The molecular formula is C24H30N4O4. The van der Waals surface area contributed by atoms with Crippen molar-refractivity contribution < 1.29 is 19.5 Å². The molecule has 3 fully saturated rings. The Labute approximate surface area is 187 Å². The Kier molecular flexibility index (Phi) is 5.35. The second kappa shape index (κ2) is 8.06. The summed E-state index contributed by atoms with van der Waals surface area (Å²) >= 11 is 0. The van der Waals surface area contributed by atoms with E-state index in [0.717, 1.165) is 44.9 Å². The van der Waals surface area contributed by atoms with Crippen molar-refractivity contribution in [1.82, 2.24) is 19.7 Å². The van der Waals surface area contributed by atoms with Gasteiger partial charge < -0.3 is 10.0 Å². The number of rotatable bonds is 7. The van der Waals surface area contributed by atoms with Crippen molar-refractivity contribution >= 4 is 28.4 Å². The molecule has 32 heavy (non-hydrogen) atoms. The predicted octanol–water partition coefficient (Wildman–Crippen LogP) is 2.53. The van der Waals surface area contributed by atoms with E-state index >= 15 is 0 Å². The van der Waals surface area contributed by atoms with E-state index in [2.05, 4.69) is 10.1 Å². The fourth-order valence-corrected chi connectivity index (χ4v) is 5.89. The van der Waals surface area contributed by atoms with Crippen LogP contribution >= 0.6 is 0 Å². The number of hydrogen-bond donors (Lipinski definition) is 1. The molecule has 3 atom stereocenters. The van der Waals surface area contributed by atoms with Gasteiger partial charge in [-0.3, -0.25) is 24.0 Å². The zero-order chi connectivity index (χ0) is 22.5. The van der Waals surface area contributed by atoms with E-state index in [9.17, 15) is 19.5 Å². The van der Waals surface area contributed by atoms with Gasteiger partial charge in [-0.15, -0.1) is 0 Å². The first-order valence-corrected chi connectivity index (χ1v) is 11.7. The van der Waals surface area contributed by atoms with Gasteiger partial charge in [-0.05, 0) is 37.7 Å². The Hall–Kier alpha value is -2.61. The smallest absolute Gasteiger partial charge is 0.245 e. The number of Topliss-reactive ketones (excluding diaryl/α,β-unsaturated/α-hetero) is 2. The Morgan fingerprint density at radius 1 is 1.19 bits per heavy atom. The van der Waals surface area contributed by atoms with Gasteiger partial charge in [0.15, 0.2) is 11.6 Å². The predicted molar refractivity (Wildman–Crippen MR) is 117 cm³/mol. The third-order valence-electron chi connectivity index (χ3n) is 7.74. The topological polar surface area (TPSA) is 105 Å². The summed E-state index contributed by atoms with van der Waals surface area (Å²) in [5.41, 5.74) is 0.648. The highest BCUT2D eigenvalue weighted by Crippen LogP contribution is 2.49. The molecule has 1 N–H and O–H groups in total. The van der Waals surface area contributed by atoms with Gasteiger partial charge in [-0.1, -0.05) is 19.3 Å². The number of aliphatic hydroxyl groups is 1. The van der Waals surface area contributed by atoms with E-state index in [1.807, 2.05) is 0 Å². The summed E-state index contributed by atoms with van der Waals surface area (Å²) in [5, 5.41) is 15.1. The Morgan fingerprint density at radius 2 is 1.97 bits per heavy atom. The number of amides is 1. The van der Waals surface area contributed by atoms with Crippen molar-refractivity contribution in [2.45, 2.75) is 76.9 Å². The highest BCUT2D eigenvalue weighted by Gasteiger charge is 2.56. The van der Waals surface area contributed by atoms with E-state index in [-0.39, 0.29) is 42.1 Å². The first-order valence-electron chi connectivity index (χ1n) is 11.7. The number of hydrogen-bond acceptors (Lipinski definition) is 6. The zero-order valence-corrected chi connectivity index (χ0v) is 18.5. The fourth-order valence-electron chi connectivity index (χ4n) is 5.89. The van der Waals surface area contributed by atoms with Gasteiger partial charge in [0.05, 0.1) is 17.8 Å². The minimum atomic E-state index is -0.413.